The molecule has 5 nitrogen and oxygen atoms in total. The van der Waals surface area contributed by atoms with Crippen LogP contribution in [0.15, 0.2) is 24.3 Å². The van der Waals surface area contributed by atoms with Gasteiger partial charge in [0, 0.05) is 20.1 Å². The summed E-state index contributed by atoms with van der Waals surface area (Å²) in [6, 6.07) is 8.14. The van der Waals surface area contributed by atoms with E-state index in [1.165, 1.54) is 19.3 Å². The molecule has 0 spiro atoms. The average molecular weight is 305 g/mol. The van der Waals surface area contributed by atoms with Crippen molar-refractivity contribution < 1.29 is 9.53 Å². The van der Waals surface area contributed by atoms with Gasteiger partial charge < -0.3 is 9.64 Å². The largest absolute Gasteiger partial charge is 0.443 e. The molecule has 0 aliphatic carbocycles. The zero-order chi connectivity index (χ0) is 16.2. The number of carbonyl (C=O) groups is 1. The van der Waals surface area contributed by atoms with E-state index in [1.54, 1.807) is 5.01 Å². The fourth-order valence-electron chi connectivity index (χ4n) is 2.65. The lowest BCUT2D eigenvalue weighted by Crippen LogP contribution is -2.43. The van der Waals surface area contributed by atoms with E-state index in [-0.39, 0.29) is 0 Å². The molecule has 1 saturated heterocycles. The van der Waals surface area contributed by atoms with Crippen LogP contribution in [0.25, 0.3) is 0 Å². The van der Waals surface area contributed by atoms with Crippen molar-refractivity contribution in [2.75, 3.05) is 30.0 Å². The first-order chi connectivity index (χ1) is 10.4. The normalized spacial score (nSPS) is 15.4. The Balaban J connectivity index is 2.09. The van der Waals surface area contributed by atoms with Crippen LogP contribution in [0.2, 0.25) is 0 Å². The molecule has 0 aromatic heterocycles. The van der Waals surface area contributed by atoms with E-state index < -0.39 is 11.7 Å². The van der Waals surface area contributed by atoms with Crippen LogP contribution in [0.4, 0.5) is 16.2 Å². The number of rotatable bonds is 3. The van der Waals surface area contributed by atoms with Crippen molar-refractivity contribution in [1.29, 1.82) is 0 Å². The summed E-state index contributed by atoms with van der Waals surface area (Å²) in [4.78, 5) is 14.3. The molecule has 0 bridgehead atoms. The highest BCUT2D eigenvalue weighted by molar-refractivity contribution is 5.76. The van der Waals surface area contributed by atoms with Crippen molar-refractivity contribution in [2.45, 2.75) is 45.6 Å². The minimum Gasteiger partial charge on any atom is -0.443 e. The summed E-state index contributed by atoms with van der Waals surface area (Å²) in [5.41, 5.74) is 4.41. The maximum Gasteiger partial charge on any atom is 0.426 e. The molecule has 1 aliphatic rings. The molecule has 1 N–H and O–H groups in total. The molecule has 22 heavy (non-hydrogen) atoms. The Morgan fingerprint density at radius 3 is 2.45 bits per heavy atom. The van der Waals surface area contributed by atoms with Gasteiger partial charge in [-0.2, -0.15) is 0 Å². The van der Waals surface area contributed by atoms with Gasteiger partial charge in [-0.05, 0) is 52.2 Å². The second-order valence-electron chi connectivity index (χ2n) is 6.71. The summed E-state index contributed by atoms with van der Waals surface area (Å²) < 4.78 is 5.31. The highest BCUT2D eigenvalue weighted by Gasteiger charge is 2.20. The quantitative estimate of drug-likeness (QED) is 0.867. The predicted octanol–water partition coefficient (Wildman–Crippen LogP) is 3.55. The van der Waals surface area contributed by atoms with E-state index in [2.05, 4.69) is 16.4 Å². The summed E-state index contributed by atoms with van der Waals surface area (Å²) >= 11 is 0. The van der Waals surface area contributed by atoms with Gasteiger partial charge in [-0.15, -0.1) is 0 Å². The molecule has 1 heterocycles. The molecule has 5 heteroatoms. The summed E-state index contributed by atoms with van der Waals surface area (Å²) in [6.45, 7) is 7.70. The molecule has 2 rings (SSSR count). The minimum absolute atomic E-state index is 0.441. The molecule has 1 fully saturated rings. The lowest BCUT2D eigenvalue weighted by Gasteiger charge is -2.33. The van der Waals surface area contributed by atoms with E-state index in [4.69, 9.17) is 4.74 Å². The van der Waals surface area contributed by atoms with Crippen LogP contribution in [0.1, 0.15) is 40.0 Å². The Morgan fingerprint density at radius 2 is 1.82 bits per heavy atom. The molecule has 1 aromatic rings. The van der Waals surface area contributed by atoms with Crippen LogP contribution in [-0.2, 0) is 4.74 Å². The molecule has 122 valence electrons. The third-order valence-electron chi connectivity index (χ3n) is 3.60. The van der Waals surface area contributed by atoms with Crippen LogP contribution in [0.3, 0.4) is 0 Å². The second-order valence-corrected chi connectivity index (χ2v) is 6.71. The van der Waals surface area contributed by atoms with Gasteiger partial charge in [-0.1, -0.05) is 12.1 Å². The van der Waals surface area contributed by atoms with Gasteiger partial charge >= 0.3 is 6.09 Å². The van der Waals surface area contributed by atoms with Crippen LogP contribution in [-0.4, -0.2) is 31.8 Å². The van der Waals surface area contributed by atoms with Crippen molar-refractivity contribution in [3.05, 3.63) is 24.3 Å². The third kappa shape index (κ3) is 4.55. The number of anilines is 2. The molecule has 1 amide bonds. The molecule has 1 aliphatic heterocycles. The number of nitrogens with zero attached hydrogens (tertiary/aromatic N) is 2. The summed E-state index contributed by atoms with van der Waals surface area (Å²) in [5.74, 6) is 0. The number of piperidine rings is 1. The number of ether oxygens (including phenoxy) is 1. The first-order valence-corrected chi connectivity index (χ1v) is 7.94. The maximum atomic E-state index is 11.9. The van der Waals surface area contributed by atoms with Crippen LogP contribution >= 0.6 is 0 Å². The smallest absolute Gasteiger partial charge is 0.426 e. The monoisotopic (exact) mass is 305 g/mol. The van der Waals surface area contributed by atoms with Gasteiger partial charge in [0.05, 0.1) is 11.4 Å². The number of para-hydroxylation sites is 2. The van der Waals surface area contributed by atoms with Crippen molar-refractivity contribution in [3.63, 3.8) is 0 Å². The van der Waals surface area contributed by atoms with E-state index >= 15 is 0 Å². The van der Waals surface area contributed by atoms with Gasteiger partial charge in [0.15, 0.2) is 0 Å². The number of hydrazine groups is 1. The van der Waals surface area contributed by atoms with Crippen molar-refractivity contribution in [1.82, 2.24) is 5.43 Å². The molecule has 0 saturated carbocycles. The van der Waals surface area contributed by atoms with Gasteiger partial charge in [-0.3, -0.25) is 5.01 Å². The Kier molecular flexibility index (Phi) is 5.16. The molecular formula is C17H27N3O2. The van der Waals surface area contributed by atoms with Gasteiger partial charge in [0.2, 0.25) is 0 Å². The van der Waals surface area contributed by atoms with Crippen LogP contribution in [0, 0.1) is 0 Å². The van der Waals surface area contributed by atoms with Gasteiger partial charge in [-0.25, -0.2) is 10.2 Å². The summed E-state index contributed by atoms with van der Waals surface area (Å²) in [5, 5.41) is 1.73. The van der Waals surface area contributed by atoms with Crippen LogP contribution in [0.5, 0.6) is 0 Å². The van der Waals surface area contributed by atoms with E-state index in [0.29, 0.717) is 0 Å². The van der Waals surface area contributed by atoms with Crippen molar-refractivity contribution in [3.8, 4) is 0 Å². The number of amides is 1. The first-order valence-electron chi connectivity index (χ1n) is 7.94. The summed E-state index contributed by atoms with van der Waals surface area (Å²) in [7, 11) is 1.84. The molecule has 0 radical (unpaired) electrons. The highest BCUT2D eigenvalue weighted by Crippen LogP contribution is 2.29. The molecular weight excluding hydrogens is 278 g/mol. The van der Waals surface area contributed by atoms with Gasteiger partial charge in [0.25, 0.3) is 0 Å². The Labute approximate surface area is 133 Å². The number of benzene rings is 1. The summed E-state index contributed by atoms with van der Waals surface area (Å²) in [6.07, 6.45) is 3.29. The predicted molar refractivity (Wildman–Crippen MR) is 90.3 cm³/mol. The zero-order valence-electron chi connectivity index (χ0n) is 14.1. The number of nitrogens with one attached hydrogen (secondary N) is 1. The van der Waals surface area contributed by atoms with E-state index in [1.807, 2.05) is 46.0 Å². The average Bonchev–Trinajstić information content (AvgIpc) is 2.46. The standard InChI is InChI=1S/C17H27N3O2/c1-17(2,3)22-16(21)18-19(4)14-10-6-7-11-15(14)20-12-8-5-9-13-20/h6-7,10-11H,5,8-9,12-13H2,1-4H3,(H,18,21). The van der Waals surface area contributed by atoms with Crippen LogP contribution < -0.4 is 15.3 Å². The lowest BCUT2D eigenvalue weighted by molar-refractivity contribution is 0.0524. The number of hydrogen-bond acceptors (Lipinski definition) is 4. The Bertz CT molecular complexity index is 505. The van der Waals surface area contributed by atoms with Gasteiger partial charge in [0.1, 0.15) is 5.60 Å². The Hall–Kier alpha value is -1.91. The molecule has 0 unspecified atom stereocenters. The number of hydrogen-bond donors (Lipinski definition) is 1. The Morgan fingerprint density at radius 1 is 1.18 bits per heavy atom. The maximum absolute atomic E-state index is 11.9. The topological polar surface area (TPSA) is 44.8 Å². The lowest BCUT2D eigenvalue weighted by atomic mass is 10.1. The fraction of sp³-hybridized carbons (Fsp3) is 0.588. The first kappa shape index (κ1) is 16.5. The highest BCUT2D eigenvalue weighted by atomic mass is 16.6. The minimum atomic E-state index is -0.503. The van der Waals surface area contributed by atoms with E-state index in [0.717, 1.165) is 24.5 Å². The number of carbonyl (C=O) groups excluding carboxylic acids is 1. The zero-order valence-corrected chi connectivity index (χ0v) is 14.1. The SMILES string of the molecule is CN(NC(=O)OC(C)(C)C)c1ccccc1N1CCCCC1. The van der Waals surface area contributed by atoms with Crippen molar-refractivity contribution in [2.24, 2.45) is 0 Å². The molecule has 1 aromatic carbocycles. The van der Waals surface area contributed by atoms with E-state index in [9.17, 15) is 4.79 Å². The fourth-order valence-corrected chi connectivity index (χ4v) is 2.65. The third-order valence-corrected chi connectivity index (χ3v) is 3.60. The van der Waals surface area contributed by atoms with Crippen molar-refractivity contribution >= 4 is 17.5 Å². The second kappa shape index (κ2) is 6.90. The molecule has 0 atom stereocenters.